The largest absolute Gasteiger partial charge is 0.383 e. The first-order chi connectivity index (χ1) is 8.09. The Morgan fingerprint density at radius 3 is 3.00 bits per heavy atom. The van der Waals surface area contributed by atoms with Gasteiger partial charge in [-0.25, -0.2) is 14.8 Å². The lowest BCUT2D eigenvalue weighted by atomic mass is 10.4. The van der Waals surface area contributed by atoms with Crippen molar-refractivity contribution in [2.24, 2.45) is 16.5 Å². The SMILES string of the molecule is NC(=O)NC=C=C/C(N)=N/c1ncccc1Cl. The molecule has 1 rings (SSSR count). The minimum atomic E-state index is -0.686. The topological polar surface area (TPSA) is 106 Å². The highest BCUT2D eigenvalue weighted by molar-refractivity contribution is 6.32. The fourth-order valence-electron chi connectivity index (χ4n) is 0.854. The van der Waals surface area contributed by atoms with E-state index in [1.807, 2.05) is 0 Å². The fourth-order valence-corrected chi connectivity index (χ4v) is 1.02. The molecule has 0 atom stereocenters. The van der Waals surface area contributed by atoms with E-state index in [1.54, 1.807) is 18.3 Å². The Kier molecular flexibility index (Phi) is 4.75. The zero-order valence-corrected chi connectivity index (χ0v) is 9.48. The first kappa shape index (κ1) is 12.8. The van der Waals surface area contributed by atoms with E-state index < -0.39 is 6.03 Å². The molecule has 0 radical (unpaired) electrons. The van der Waals surface area contributed by atoms with Crippen LogP contribution >= 0.6 is 11.6 Å². The van der Waals surface area contributed by atoms with Crippen LogP contribution in [0.4, 0.5) is 10.6 Å². The van der Waals surface area contributed by atoms with Gasteiger partial charge in [0.25, 0.3) is 0 Å². The Morgan fingerprint density at radius 1 is 1.59 bits per heavy atom. The minimum absolute atomic E-state index is 0.146. The van der Waals surface area contributed by atoms with Crippen molar-refractivity contribution >= 4 is 29.3 Å². The Balaban J connectivity index is 2.77. The van der Waals surface area contributed by atoms with E-state index in [1.165, 1.54) is 12.3 Å². The fraction of sp³-hybridized carbons (Fsp3) is 0. The van der Waals surface area contributed by atoms with Crippen LogP contribution in [0, 0.1) is 0 Å². The molecule has 0 aliphatic heterocycles. The van der Waals surface area contributed by atoms with Crippen molar-refractivity contribution in [3.05, 3.63) is 41.4 Å². The number of urea groups is 1. The summed E-state index contributed by atoms with van der Waals surface area (Å²) in [6.45, 7) is 0. The summed E-state index contributed by atoms with van der Waals surface area (Å²) in [7, 11) is 0. The van der Waals surface area contributed by atoms with E-state index in [4.69, 9.17) is 23.1 Å². The number of aromatic nitrogens is 1. The molecule has 6 nitrogen and oxygen atoms in total. The van der Waals surface area contributed by atoms with E-state index in [0.717, 1.165) is 0 Å². The van der Waals surface area contributed by atoms with Crippen molar-refractivity contribution in [3.8, 4) is 0 Å². The van der Waals surface area contributed by atoms with Gasteiger partial charge in [0.15, 0.2) is 5.82 Å². The van der Waals surface area contributed by atoms with Crippen molar-refractivity contribution in [2.45, 2.75) is 0 Å². The van der Waals surface area contributed by atoms with Crippen LogP contribution in [0.25, 0.3) is 0 Å². The molecule has 1 heterocycles. The Labute approximate surface area is 103 Å². The van der Waals surface area contributed by atoms with E-state index >= 15 is 0 Å². The van der Waals surface area contributed by atoms with Crippen molar-refractivity contribution in [1.29, 1.82) is 0 Å². The van der Waals surface area contributed by atoms with Gasteiger partial charge in [0, 0.05) is 18.5 Å². The van der Waals surface area contributed by atoms with Crippen LogP contribution in [0.15, 0.2) is 41.3 Å². The summed E-state index contributed by atoms with van der Waals surface area (Å²) in [6.07, 6.45) is 4.11. The summed E-state index contributed by atoms with van der Waals surface area (Å²) in [5.74, 6) is 0.459. The number of primary amides is 1. The highest BCUT2D eigenvalue weighted by Gasteiger charge is 1.97. The second-order valence-electron chi connectivity index (χ2n) is 2.81. The van der Waals surface area contributed by atoms with Gasteiger partial charge >= 0.3 is 6.03 Å². The Bertz CT molecular complexity index is 505. The lowest BCUT2D eigenvalue weighted by Gasteiger charge is -1.95. The second-order valence-corrected chi connectivity index (χ2v) is 3.22. The number of hydrogen-bond acceptors (Lipinski definition) is 3. The van der Waals surface area contributed by atoms with Gasteiger partial charge in [0.1, 0.15) is 5.84 Å². The molecule has 0 unspecified atom stereocenters. The molecule has 0 bridgehead atoms. The molecule has 0 aromatic carbocycles. The number of hydrogen-bond donors (Lipinski definition) is 3. The minimum Gasteiger partial charge on any atom is -0.383 e. The maximum absolute atomic E-state index is 10.3. The number of carbonyl (C=O) groups excluding carboxylic acids is 1. The van der Waals surface area contributed by atoms with Crippen molar-refractivity contribution < 1.29 is 4.79 Å². The number of nitrogens with two attached hydrogens (primary N) is 2. The molecule has 1 aromatic heterocycles. The maximum Gasteiger partial charge on any atom is 0.316 e. The van der Waals surface area contributed by atoms with Crippen LogP contribution < -0.4 is 16.8 Å². The summed E-state index contributed by atoms with van der Waals surface area (Å²) >= 11 is 5.83. The molecule has 5 N–H and O–H groups in total. The zero-order chi connectivity index (χ0) is 12.7. The van der Waals surface area contributed by atoms with Gasteiger partial charge in [0.2, 0.25) is 0 Å². The quantitative estimate of drug-likeness (QED) is 0.425. The number of amidine groups is 1. The van der Waals surface area contributed by atoms with E-state index in [9.17, 15) is 4.79 Å². The number of nitrogens with zero attached hydrogens (tertiary/aromatic N) is 2. The van der Waals surface area contributed by atoms with Crippen LogP contribution in [0.3, 0.4) is 0 Å². The summed E-state index contributed by atoms with van der Waals surface area (Å²) in [5, 5.41) is 2.59. The third kappa shape index (κ3) is 4.83. The molecule has 7 heteroatoms. The van der Waals surface area contributed by atoms with Crippen molar-refractivity contribution in [3.63, 3.8) is 0 Å². The highest BCUT2D eigenvalue weighted by Crippen LogP contribution is 2.20. The normalized spacial score (nSPS) is 10.3. The van der Waals surface area contributed by atoms with E-state index in [-0.39, 0.29) is 5.84 Å². The monoisotopic (exact) mass is 251 g/mol. The molecule has 0 saturated heterocycles. The number of nitrogens with one attached hydrogen (secondary N) is 1. The zero-order valence-electron chi connectivity index (χ0n) is 8.72. The first-order valence-electron chi connectivity index (χ1n) is 4.51. The molecule has 17 heavy (non-hydrogen) atoms. The molecule has 0 aliphatic carbocycles. The molecule has 2 amide bonds. The van der Waals surface area contributed by atoms with Gasteiger partial charge in [-0.3, -0.25) is 0 Å². The summed E-state index contributed by atoms with van der Waals surface area (Å²) in [6, 6.07) is 2.65. The molecule has 88 valence electrons. The predicted octanol–water partition coefficient (Wildman–Crippen LogP) is 1.06. The van der Waals surface area contributed by atoms with Crippen LogP contribution in [0.1, 0.15) is 0 Å². The number of halogens is 1. The molecule has 1 aromatic rings. The third-order valence-electron chi connectivity index (χ3n) is 1.50. The Morgan fingerprint density at radius 2 is 2.35 bits per heavy atom. The number of pyridine rings is 1. The average Bonchev–Trinajstić information content (AvgIpc) is 2.27. The molecule has 0 spiro atoms. The van der Waals surface area contributed by atoms with Gasteiger partial charge in [-0.05, 0) is 12.1 Å². The maximum atomic E-state index is 10.3. The summed E-state index contributed by atoms with van der Waals surface area (Å²) < 4.78 is 0. The lowest BCUT2D eigenvalue weighted by Crippen LogP contribution is -2.23. The highest BCUT2D eigenvalue weighted by atomic mass is 35.5. The second kappa shape index (κ2) is 6.32. The van der Waals surface area contributed by atoms with Gasteiger partial charge in [-0.2, -0.15) is 0 Å². The van der Waals surface area contributed by atoms with Gasteiger partial charge < -0.3 is 16.8 Å². The third-order valence-corrected chi connectivity index (χ3v) is 1.80. The summed E-state index contributed by atoms with van der Waals surface area (Å²) in [4.78, 5) is 18.2. The molecule has 0 fully saturated rings. The number of carbonyl (C=O) groups is 1. The predicted molar refractivity (Wildman–Crippen MR) is 65.9 cm³/mol. The smallest absolute Gasteiger partial charge is 0.316 e. The van der Waals surface area contributed by atoms with Crippen molar-refractivity contribution in [1.82, 2.24) is 10.3 Å². The Hall–Kier alpha value is -2.30. The standard InChI is InChI=1S/C10H10ClN5O/c11-7-3-1-5-14-9(7)16-8(12)4-2-6-15-10(13)17/h1,3-6H,(H2,12,14,16)(H3,13,15,17). The summed E-state index contributed by atoms with van der Waals surface area (Å²) in [5.41, 5.74) is 13.0. The molecule has 0 saturated carbocycles. The molecular formula is C10H10ClN5O. The van der Waals surface area contributed by atoms with Gasteiger partial charge in [-0.1, -0.05) is 17.3 Å². The molecule has 0 aliphatic rings. The van der Waals surface area contributed by atoms with Gasteiger partial charge in [0.05, 0.1) is 5.02 Å². The number of rotatable bonds is 3. The van der Waals surface area contributed by atoms with Gasteiger partial charge in [-0.15, -0.1) is 0 Å². The van der Waals surface area contributed by atoms with Crippen LogP contribution in [0.5, 0.6) is 0 Å². The number of amides is 2. The van der Waals surface area contributed by atoms with Crippen LogP contribution in [-0.4, -0.2) is 16.9 Å². The van der Waals surface area contributed by atoms with E-state index in [2.05, 4.69) is 21.0 Å². The van der Waals surface area contributed by atoms with Crippen LogP contribution in [-0.2, 0) is 0 Å². The van der Waals surface area contributed by atoms with Crippen molar-refractivity contribution in [2.75, 3.05) is 0 Å². The van der Waals surface area contributed by atoms with Crippen LogP contribution in [0.2, 0.25) is 5.02 Å². The lowest BCUT2D eigenvalue weighted by molar-refractivity contribution is 0.252. The van der Waals surface area contributed by atoms with E-state index in [0.29, 0.717) is 10.8 Å². The molecular weight excluding hydrogens is 242 g/mol. The first-order valence-corrected chi connectivity index (χ1v) is 4.89. The average molecular weight is 252 g/mol. The number of aliphatic imine (C=N–C) groups is 1.